The van der Waals surface area contributed by atoms with Gasteiger partial charge in [-0.3, -0.25) is 4.90 Å². The van der Waals surface area contributed by atoms with Gasteiger partial charge in [0, 0.05) is 28.9 Å². The summed E-state index contributed by atoms with van der Waals surface area (Å²) >= 11 is 1.88. The second-order valence-corrected chi connectivity index (χ2v) is 7.01. The van der Waals surface area contributed by atoms with Gasteiger partial charge in [0.2, 0.25) is 0 Å². The first-order valence-electron chi connectivity index (χ1n) is 7.83. The third-order valence-electron chi connectivity index (χ3n) is 4.19. The zero-order valence-electron chi connectivity index (χ0n) is 13.0. The molecule has 2 rings (SSSR count). The van der Waals surface area contributed by atoms with Gasteiger partial charge < -0.3 is 10.5 Å². The molecule has 0 bridgehead atoms. The zero-order valence-corrected chi connectivity index (χ0v) is 13.8. The fourth-order valence-electron chi connectivity index (χ4n) is 2.99. The van der Waals surface area contributed by atoms with E-state index >= 15 is 0 Å². The molecule has 1 aliphatic rings. The number of thiophene rings is 1. The van der Waals surface area contributed by atoms with Gasteiger partial charge in [0.25, 0.3) is 0 Å². The predicted octanol–water partition coefficient (Wildman–Crippen LogP) is 3.34. The number of aryl methyl sites for hydroxylation is 1. The van der Waals surface area contributed by atoms with Gasteiger partial charge in [-0.2, -0.15) is 0 Å². The number of rotatable bonds is 7. The maximum atomic E-state index is 6.43. The van der Waals surface area contributed by atoms with Crippen molar-refractivity contribution in [1.82, 2.24) is 4.90 Å². The largest absolute Gasteiger partial charge is 0.377 e. The molecule has 1 saturated heterocycles. The summed E-state index contributed by atoms with van der Waals surface area (Å²) in [6.45, 7) is 9.52. The molecule has 2 N–H and O–H groups in total. The number of ether oxygens (including phenoxy) is 1. The summed E-state index contributed by atoms with van der Waals surface area (Å²) in [6.07, 6.45) is 3.78. The van der Waals surface area contributed by atoms with Crippen LogP contribution in [0, 0.1) is 6.92 Å². The predicted molar refractivity (Wildman–Crippen MR) is 86.3 cm³/mol. The van der Waals surface area contributed by atoms with E-state index in [4.69, 9.17) is 10.5 Å². The Morgan fingerprint density at radius 3 is 2.75 bits per heavy atom. The number of hydrogen-bond donors (Lipinski definition) is 1. The highest BCUT2D eigenvalue weighted by Crippen LogP contribution is 2.31. The Balaban J connectivity index is 2.14. The van der Waals surface area contributed by atoms with E-state index in [1.54, 1.807) is 0 Å². The number of likely N-dealkylation sites (N-methyl/N-ethyl adjacent to an activating group) is 1. The van der Waals surface area contributed by atoms with Crippen LogP contribution in [0.1, 0.15) is 48.9 Å². The molecule has 4 heteroatoms. The van der Waals surface area contributed by atoms with Crippen molar-refractivity contribution in [2.45, 2.75) is 58.2 Å². The molecule has 2 heterocycles. The highest BCUT2D eigenvalue weighted by molar-refractivity contribution is 7.12. The molecule has 114 valence electrons. The normalized spacial score (nSPS) is 22.4. The molecule has 0 amide bonds. The van der Waals surface area contributed by atoms with E-state index in [1.807, 2.05) is 11.3 Å². The first-order chi connectivity index (χ1) is 9.65. The lowest BCUT2D eigenvalue weighted by atomic mass is 10.0. The summed E-state index contributed by atoms with van der Waals surface area (Å²) in [5, 5.41) is 0. The van der Waals surface area contributed by atoms with Crippen molar-refractivity contribution >= 4 is 11.3 Å². The van der Waals surface area contributed by atoms with Crippen molar-refractivity contribution in [3.05, 3.63) is 21.9 Å². The minimum absolute atomic E-state index is 0.189. The van der Waals surface area contributed by atoms with Gasteiger partial charge in [0.05, 0.1) is 12.1 Å². The SMILES string of the molecule is CCC(N)C(c1ccc(C)s1)N(CC)CC1CCCO1. The van der Waals surface area contributed by atoms with E-state index in [1.165, 1.54) is 22.6 Å². The van der Waals surface area contributed by atoms with Gasteiger partial charge in [0.1, 0.15) is 0 Å². The Kier molecular flexibility index (Phi) is 6.02. The molecule has 1 aromatic rings. The first kappa shape index (κ1) is 16.0. The van der Waals surface area contributed by atoms with Crippen molar-refractivity contribution in [2.24, 2.45) is 5.73 Å². The topological polar surface area (TPSA) is 38.5 Å². The zero-order chi connectivity index (χ0) is 14.5. The van der Waals surface area contributed by atoms with Crippen molar-refractivity contribution in [1.29, 1.82) is 0 Å². The maximum absolute atomic E-state index is 6.43. The molecule has 0 saturated carbocycles. The highest BCUT2D eigenvalue weighted by atomic mass is 32.1. The minimum Gasteiger partial charge on any atom is -0.377 e. The molecule has 1 fully saturated rings. The molecule has 3 atom stereocenters. The van der Waals surface area contributed by atoms with Gasteiger partial charge >= 0.3 is 0 Å². The van der Waals surface area contributed by atoms with Crippen molar-refractivity contribution < 1.29 is 4.74 Å². The summed E-state index contributed by atoms with van der Waals surface area (Å²) in [4.78, 5) is 5.27. The van der Waals surface area contributed by atoms with Crippen molar-refractivity contribution in [3.8, 4) is 0 Å². The molecule has 0 aromatic carbocycles. The lowest BCUT2D eigenvalue weighted by molar-refractivity contribution is 0.0538. The highest BCUT2D eigenvalue weighted by Gasteiger charge is 2.29. The molecular formula is C16H28N2OS. The number of nitrogens with two attached hydrogens (primary N) is 1. The Morgan fingerprint density at radius 2 is 2.25 bits per heavy atom. The molecule has 3 nitrogen and oxygen atoms in total. The Labute approximate surface area is 127 Å². The lowest BCUT2D eigenvalue weighted by Gasteiger charge is -2.35. The molecule has 1 aromatic heterocycles. The van der Waals surface area contributed by atoms with Gasteiger partial charge in [-0.15, -0.1) is 11.3 Å². The quantitative estimate of drug-likeness (QED) is 0.838. The summed E-state index contributed by atoms with van der Waals surface area (Å²) in [6, 6.07) is 4.97. The molecule has 1 aliphatic heterocycles. The smallest absolute Gasteiger partial charge is 0.0703 e. The van der Waals surface area contributed by atoms with E-state index in [9.17, 15) is 0 Å². The monoisotopic (exact) mass is 296 g/mol. The van der Waals surface area contributed by atoms with Gasteiger partial charge in [-0.05, 0) is 44.9 Å². The molecular weight excluding hydrogens is 268 g/mol. The van der Waals surface area contributed by atoms with Gasteiger partial charge in [-0.25, -0.2) is 0 Å². The standard InChI is InChI=1S/C16H28N2OS/c1-4-14(17)16(15-9-8-12(3)20-15)18(5-2)11-13-7-6-10-19-13/h8-9,13-14,16H,4-7,10-11,17H2,1-3H3. The lowest BCUT2D eigenvalue weighted by Crippen LogP contribution is -2.43. The van der Waals surface area contributed by atoms with Gasteiger partial charge in [0.15, 0.2) is 0 Å². The number of hydrogen-bond acceptors (Lipinski definition) is 4. The third-order valence-corrected chi connectivity index (χ3v) is 5.26. The van der Waals surface area contributed by atoms with Crippen LogP contribution in [0.5, 0.6) is 0 Å². The van der Waals surface area contributed by atoms with Gasteiger partial charge in [-0.1, -0.05) is 13.8 Å². The average molecular weight is 296 g/mol. The molecule has 0 aliphatic carbocycles. The van der Waals surface area contributed by atoms with Crippen LogP contribution in [0.25, 0.3) is 0 Å². The Morgan fingerprint density at radius 1 is 1.45 bits per heavy atom. The van der Waals surface area contributed by atoms with Crippen molar-refractivity contribution in [3.63, 3.8) is 0 Å². The van der Waals surface area contributed by atoms with Crippen LogP contribution in [0.15, 0.2) is 12.1 Å². The average Bonchev–Trinajstić information content (AvgIpc) is 3.09. The van der Waals surface area contributed by atoms with E-state index in [0.717, 1.165) is 26.1 Å². The van der Waals surface area contributed by atoms with Crippen LogP contribution < -0.4 is 5.73 Å². The summed E-state index contributed by atoms with van der Waals surface area (Å²) in [5.74, 6) is 0. The van der Waals surface area contributed by atoms with Crippen LogP contribution >= 0.6 is 11.3 Å². The summed E-state index contributed by atoms with van der Waals surface area (Å²) in [5.41, 5.74) is 6.43. The fraction of sp³-hybridized carbons (Fsp3) is 0.750. The second kappa shape index (κ2) is 7.55. The second-order valence-electron chi connectivity index (χ2n) is 5.69. The van der Waals surface area contributed by atoms with Crippen LogP contribution in [-0.4, -0.2) is 36.7 Å². The van der Waals surface area contributed by atoms with E-state index < -0.39 is 0 Å². The van der Waals surface area contributed by atoms with Crippen LogP contribution in [0.3, 0.4) is 0 Å². The molecule has 0 radical (unpaired) electrons. The Bertz CT molecular complexity index is 401. The number of nitrogens with zero attached hydrogens (tertiary/aromatic N) is 1. The molecule has 20 heavy (non-hydrogen) atoms. The summed E-state index contributed by atoms with van der Waals surface area (Å²) < 4.78 is 5.81. The van der Waals surface area contributed by atoms with Crippen LogP contribution in [0.4, 0.5) is 0 Å². The maximum Gasteiger partial charge on any atom is 0.0703 e. The Hall–Kier alpha value is -0.420. The fourth-order valence-corrected chi connectivity index (χ4v) is 4.08. The molecule has 0 spiro atoms. The minimum atomic E-state index is 0.189. The third kappa shape index (κ3) is 3.82. The van der Waals surface area contributed by atoms with E-state index in [-0.39, 0.29) is 6.04 Å². The van der Waals surface area contributed by atoms with Crippen LogP contribution in [-0.2, 0) is 4.74 Å². The van der Waals surface area contributed by atoms with Crippen molar-refractivity contribution in [2.75, 3.05) is 19.7 Å². The summed E-state index contributed by atoms with van der Waals surface area (Å²) in [7, 11) is 0. The van der Waals surface area contributed by atoms with E-state index in [0.29, 0.717) is 12.1 Å². The first-order valence-corrected chi connectivity index (χ1v) is 8.64. The van der Waals surface area contributed by atoms with E-state index in [2.05, 4.69) is 37.8 Å². The molecule has 3 unspecified atom stereocenters. The van der Waals surface area contributed by atoms with Crippen LogP contribution in [0.2, 0.25) is 0 Å².